The fraction of sp³-hybridized carbons (Fsp3) is 0.0870. The number of para-hydroxylation sites is 1. The summed E-state index contributed by atoms with van der Waals surface area (Å²) < 4.78 is 11.5. The van der Waals surface area contributed by atoms with Gasteiger partial charge < -0.3 is 9.47 Å². The molecule has 1 aliphatic heterocycles. The van der Waals surface area contributed by atoms with Crippen LogP contribution in [0.2, 0.25) is 0 Å². The molecule has 2 aromatic carbocycles. The summed E-state index contributed by atoms with van der Waals surface area (Å²) in [5.41, 5.74) is 4.97. The van der Waals surface area contributed by atoms with Crippen LogP contribution in [0.5, 0.6) is 5.75 Å². The topological polar surface area (TPSA) is 61.3 Å². The van der Waals surface area contributed by atoms with Gasteiger partial charge in [0.05, 0.1) is 27.2 Å². The lowest BCUT2D eigenvalue weighted by Gasteiger charge is -2.09. The largest absolute Gasteiger partial charge is 0.487 e. The van der Waals surface area contributed by atoms with Gasteiger partial charge in [-0.15, -0.1) is 11.3 Å². The van der Waals surface area contributed by atoms with Crippen molar-refractivity contribution in [3.8, 4) is 5.75 Å². The van der Waals surface area contributed by atoms with Crippen molar-refractivity contribution in [3.05, 3.63) is 88.5 Å². The van der Waals surface area contributed by atoms with Crippen LogP contribution in [0.15, 0.2) is 72.4 Å². The van der Waals surface area contributed by atoms with Crippen molar-refractivity contribution in [1.29, 1.82) is 0 Å². The molecule has 0 radical (unpaired) electrons. The molecule has 2 aromatic heterocycles. The Balaban J connectivity index is 1.34. The average molecular weight is 400 g/mol. The van der Waals surface area contributed by atoms with Gasteiger partial charge in [0.2, 0.25) is 5.78 Å². The molecular formula is C23H16N2O3S. The van der Waals surface area contributed by atoms with E-state index in [4.69, 9.17) is 9.47 Å². The monoisotopic (exact) mass is 400 g/mol. The van der Waals surface area contributed by atoms with E-state index < -0.39 is 0 Å². The second-order valence-electron chi connectivity index (χ2n) is 6.59. The molecule has 0 aliphatic carbocycles. The van der Waals surface area contributed by atoms with E-state index in [1.165, 1.54) is 11.3 Å². The molecule has 1 aliphatic rings. The third-order valence-electron chi connectivity index (χ3n) is 4.69. The number of carbonyl (C=O) groups is 1. The number of ketones is 1. The van der Waals surface area contributed by atoms with Gasteiger partial charge >= 0.3 is 0 Å². The van der Waals surface area contributed by atoms with E-state index in [1.807, 2.05) is 60.7 Å². The highest BCUT2D eigenvalue weighted by molar-refractivity contribution is 7.11. The first-order valence-electron chi connectivity index (χ1n) is 9.15. The molecule has 6 heteroatoms. The first-order chi connectivity index (χ1) is 14.3. The molecule has 0 saturated carbocycles. The second-order valence-corrected chi connectivity index (χ2v) is 7.48. The zero-order valence-electron chi connectivity index (χ0n) is 15.4. The molecule has 4 aromatic rings. The van der Waals surface area contributed by atoms with Gasteiger partial charge in [0.15, 0.2) is 6.61 Å². The highest BCUT2D eigenvalue weighted by Crippen LogP contribution is 2.35. The number of hydrogen-bond donors (Lipinski definition) is 0. The number of rotatable bonds is 5. The van der Waals surface area contributed by atoms with E-state index in [2.05, 4.69) is 9.97 Å². The normalized spacial score (nSPS) is 13.7. The summed E-state index contributed by atoms with van der Waals surface area (Å²) in [5, 5.41) is 1.11. The van der Waals surface area contributed by atoms with E-state index in [9.17, 15) is 4.79 Å². The van der Waals surface area contributed by atoms with Crippen LogP contribution >= 0.6 is 11.3 Å². The molecule has 29 heavy (non-hydrogen) atoms. The molecule has 0 bridgehead atoms. The Kier molecular flexibility index (Phi) is 4.54. The van der Waals surface area contributed by atoms with E-state index in [0.717, 1.165) is 32.8 Å². The van der Waals surface area contributed by atoms with Crippen molar-refractivity contribution in [1.82, 2.24) is 9.97 Å². The van der Waals surface area contributed by atoms with Crippen LogP contribution in [0.25, 0.3) is 22.2 Å². The molecule has 0 amide bonds. The van der Waals surface area contributed by atoms with Crippen molar-refractivity contribution in [3.63, 3.8) is 0 Å². The predicted molar refractivity (Wildman–Crippen MR) is 112 cm³/mol. The van der Waals surface area contributed by atoms with Gasteiger partial charge in [0.25, 0.3) is 0 Å². The van der Waals surface area contributed by atoms with Crippen LogP contribution in [0.1, 0.15) is 16.1 Å². The summed E-state index contributed by atoms with van der Waals surface area (Å²) >= 11 is 1.43. The summed E-state index contributed by atoms with van der Waals surface area (Å²) in [6.07, 6.45) is 1.70. The predicted octanol–water partition coefficient (Wildman–Crippen LogP) is 4.74. The molecule has 0 unspecified atom stereocenters. The maximum absolute atomic E-state index is 12.2. The number of benzene rings is 2. The van der Waals surface area contributed by atoms with Gasteiger partial charge in [-0.2, -0.15) is 0 Å². The maximum atomic E-state index is 12.2. The number of Topliss-reactive ketones (excluding diaryl/α,β-unsaturated/α-hetero) is 1. The number of carbonyl (C=O) groups excluding carboxylic acids is 1. The average Bonchev–Trinajstić information content (AvgIpc) is 3.42. The number of ether oxygens (including phenoxy) is 2. The molecule has 0 saturated heterocycles. The summed E-state index contributed by atoms with van der Waals surface area (Å²) in [6.45, 7) is 0.447. The minimum atomic E-state index is -0.0213. The zero-order valence-corrected chi connectivity index (χ0v) is 16.2. The Morgan fingerprint density at radius 2 is 1.90 bits per heavy atom. The molecule has 142 valence electrons. The lowest BCUT2D eigenvalue weighted by molar-refractivity contribution is -0.114. The number of hydrogen-bond acceptors (Lipinski definition) is 6. The lowest BCUT2D eigenvalue weighted by atomic mass is 10.1. The van der Waals surface area contributed by atoms with Gasteiger partial charge in [-0.3, -0.25) is 9.78 Å². The fourth-order valence-electron chi connectivity index (χ4n) is 3.27. The SMILES string of the molecule is O=C1COC(c2ccc(OCc3ccc4ccccc4n3)cc2)=C1c1cncs1. The highest BCUT2D eigenvalue weighted by Gasteiger charge is 2.28. The minimum Gasteiger partial charge on any atom is -0.487 e. The molecule has 0 fully saturated rings. The van der Waals surface area contributed by atoms with E-state index >= 15 is 0 Å². The molecule has 3 heterocycles. The van der Waals surface area contributed by atoms with Gasteiger partial charge in [0.1, 0.15) is 18.1 Å². The number of fused-ring (bicyclic) bond motifs is 1. The molecule has 0 atom stereocenters. The van der Waals surface area contributed by atoms with E-state index in [-0.39, 0.29) is 12.4 Å². The van der Waals surface area contributed by atoms with Crippen LogP contribution in [-0.2, 0) is 16.1 Å². The van der Waals surface area contributed by atoms with Gasteiger partial charge in [-0.05, 0) is 36.4 Å². The molecule has 0 N–H and O–H groups in total. The Morgan fingerprint density at radius 3 is 2.72 bits per heavy atom. The van der Waals surface area contributed by atoms with Crippen LogP contribution < -0.4 is 4.74 Å². The van der Waals surface area contributed by atoms with Gasteiger partial charge in [0, 0.05) is 17.1 Å². The van der Waals surface area contributed by atoms with Gasteiger partial charge in [-0.1, -0.05) is 24.3 Å². The standard InChI is InChI=1S/C23H16N2O3S/c26-20-13-28-23(22(20)21-11-24-14-29-21)16-6-9-18(10-7-16)27-12-17-8-5-15-3-1-2-4-19(15)25-17/h1-11,14H,12-13H2. The number of thiazole rings is 1. The van der Waals surface area contributed by atoms with Crippen LogP contribution in [-0.4, -0.2) is 22.4 Å². The summed E-state index contributed by atoms with van der Waals surface area (Å²) in [7, 11) is 0. The smallest absolute Gasteiger partial charge is 0.205 e. The fourth-order valence-corrected chi connectivity index (χ4v) is 3.95. The lowest BCUT2D eigenvalue weighted by Crippen LogP contribution is -1.99. The third kappa shape index (κ3) is 3.50. The van der Waals surface area contributed by atoms with Crippen molar-refractivity contribution in [2.75, 3.05) is 6.61 Å². The van der Waals surface area contributed by atoms with Crippen LogP contribution in [0.3, 0.4) is 0 Å². The van der Waals surface area contributed by atoms with Crippen molar-refractivity contribution < 1.29 is 14.3 Å². The summed E-state index contributed by atoms with van der Waals surface area (Å²) in [5.74, 6) is 1.31. The summed E-state index contributed by atoms with van der Waals surface area (Å²) in [4.78, 5) is 21.8. The zero-order chi connectivity index (χ0) is 19.6. The number of pyridine rings is 1. The molecular weight excluding hydrogens is 384 g/mol. The minimum absolute atomic E-state index is 0.0213. The maximum Gasteiger partial charge on any atom is 0.205 e. The van der Waals surface area contributed by atoms with Crippen molar-refractivity contribution >= 4 is 39.4 Å². The Bertz CT molecular complexity index is 1210. The Morgan fingerprint density at radius 1 is 1.03 bits per heavy atom. The molecule has 5 rings (SSSR count). The first kappa shape index (κ1) is 17.6. The molecule has 5 nitrogen and oxygen atoms in total. The molecule has 0 spiro atoms. The number of aromatic nitrogens is 2. The Labute approximate surface area is 171 Å². The third-order valence-corrected chi connectivity index (χ3v) is 5.48. The Hall–Kier alpha value is -3.51. The van der Waals surface area contributed by atoms with Crippen LogP contribution in [0, 0.1) is 0 Å². The summed E-state index contributed by atoms with van der Waals surface area (Å²) in [6, 6.07) is 19.6. The first-order valence-corrected chi connectivity index (χ1v) is 10.0. The van der Waals surface area contributed by atoms with E-state index in [1.54, 1.807) is 11.7 Å². The van der Waals surface area contributed by atoms with Crippen LogP contribution in [0.4, 0.5) is 0 Å². The van der Waals surface area contributed by atoms with Crippen molar-refractivity contribution in [2.24, 2.45) is 0 Å². The highest BCUT2D eigenvalue weighted by atomic mass is 32.1. The van der Waals surface area contributed by atoms with Crippen molar-refractivity contribution in [2.45, 2.75) is 6.61 Å². The number of nitrogens with zero attached hydrogens (tertiary/aromatic N) is 2. The van der Waals surface area contributed by atoms with E-state index in [0.29, 0.717) is 17.9 Å². The second kappa shape index (κ2) is 7.48. The van der Waals surface area contributed by atoms with Gasteiger partial charge in [-0.25, -0.2) is 4.98 Å². The quantitative estimate of drug-likeness (QED) is 0.484.